The highest BCUT2D eigenvalue weighted by Crippen LogP contribution is 2.25. The number of anilines is 1. The topological polar surface area (TPSA) is 86.7 Å². The summed E-state index contributed by atoms with van der Waals surface area (Å²) in [6.45, 7) is 0.131. The molecule has 1 saturated heterocycles. The van der Waals surface area contributed by atoms with Gasteiger partial charge in [0.15, 0.2) is 11.6 Å². The number of amides is 2. The number of carbonyl (C=O) groups excluding carboxylic acids is 2. The average molecular weight is 377 g/mol. The average Bonchev–Trinajstić information content (AvgIpc) is 2.93. The summed E-state index contributed by atoms with van der Waals surface area (Å²) in [4.78, 5) is 35.0. The molecule has 9 heteroatoms. The summed E-state index contributed by atoms with van der Waals surface area (Å²) >= 11 is 2.83. The molecule has 118 valence electrons. The quantitative estimate of drug-likeness (QED) is 0.606. The molecule has 0 radical (unpaired) electrons. The van der Waals surface area contributed by atoms with Gasteiger partial charge in [-0.2, -0.15) is 0 Å². The zero-order valence-electron chi connectivity index (χ0n) is 11.1. The molecule has 0 aliphatic carbocycles. The second-order valence-electron chi connectivity index (χ2n) is 4.79. The van der Waals surface area contributed by atoms with Crippen molar-refractivity contribution in [3.63, 3.8) is 0 Å². The molecule has 1 unspecified atom stereocenters. The Hall–Kier alpha value is -2.03. The minimum Gasteiger partial charge on any atom is -0.474 e. The highest BCUT2D eigenvalue weighted by atomic mass is 79.9. The maximum absolute atomic E-state index is 13.2. The lowest BCUT2D eigenvalue weighted by atomic mass is 10.1. The zero-order chi connectivity index (χ0) is 16.4. The van der Waals surface area contributed by atoms with E-state index in [0.29, 0.717) is 6.42 Å². The molecule has 0 spiro atoms. The van der Waals surface area contributed by atoms with Crippen molar-refractivity contribution in [2.45, 2.75) is 6.42 Å². The van der Waals surface area contributed by atoms with E-state index in [1.165, 1.54) is 6.07 Å². The Balaban J connectivity index is 2.02. The van der Waals surface area contributed by atoms with E-state index in [-0.39, 0.29) is 23.2 Å². The first-order chi connectivity index (χ1) is 10.3. The van der Waals surface area contributed by atoms with Crippen LogP contribution in [0.15, 0.2) is 16.6 Å². The summed E-state index contributed by atoms with van der Waals surface area (Å²) < 4.78 is 26.3. The lowest BCUT2D eigenvalue weighted by molar-refractivity contribution is -0.155. The van der Waals surface area contributed by atoms with E-state index in [9.17, 15) is 23.2 Å². The smallest absolute Gasteiger partial charge is 0.394 e. The van der Waals surface area contributed by atoms with Gasteiger partial charge in [0.2, 0.25) is 5.91 Å². The Morgan fingerprint density at radius 3 is 2.59 bits per heavy atom. The van der Waals surface area contributed by atoms with Crippen LogP contribution in [0.25, 0.3) is 0 Å². The number of carboxylic acids is 1. The molecule has 1 aromatic rings. The first kappa shape index (κ1) is 16.3. The fourth-order valence-corrected chi connectivity index (χ4v) is 2.60. The number of halogens is 3. The van der Waals surface area contributed by atoms with Gasteiger partial charge in [-0.05, 0) is 28.4 Å². The van der Waals surface area contributed by atoms with Crippen LogP contribution in [0.5, 0.6) is 0 Å². The maximum atomic E-state index is 13.2. The maximum Gasteiger partial charge on any atom is 0.394 e. The molecule has 1 aliphatic heterocycles. The fraction of sp³-hybridized carbons (Fsp3) is 0.308. The first-order valence-corrected chi connectivity index (χ1v) is 7.06. The van der Waals surface area contributed by atoms with E-state index < -0.39 is 35.3 Å². The molecule has 2 N–H and O–H groups in total. The summed E-state index contributed by atoms with van der Waals surface area (Å²) in [5.41, 5.74) is 0.0683. The van der Waals surface area contributed by atoms with Crippen molar-refractivity contribution in [3.8, 4) is 0 Å². The van der Waals surface area contributed by atoms with Crippen LogP contribution in [0.3, 0.4) is 0 Å². The normalized spacial score (nSPS) is 17.4. The van der Waals surface area contributed by atoms with Gasteiger partial charge in [-0.25, -0.2) is 13.6 Å². The predicted octanol–water partition coefficient (Wildman–Crippen LogP) is 1.60. The third kappa shape index (κ3) is 3.41. The largest absolute Gasteiger partial charge is 0.474 e. The summed E-state index contributed by atoms with van der Waals surface area (Å²) in [6, 6.07) is 2.05. The molecule has 0 bridgehead atoms. The van der Waals surface area contributed by atoms with E-state index in [1.807, 2.05) is 0 Å². The van der Waals surface area contributed by atoms with Gasteiger partial charge in [0.1, 0.15) is 0 Å². The number of nitrogens with one attached hydrogen (secondary N) is 1. The Labute approximate surface area is 132 Å². The van der Waals surface area contributed by atoms with Crippen molar-refractivity contribution < 1.29 is 28.3 Å². The summed E-state index contributed by atoms with van der Waals surface area (Å²) in [7, 11) is 0. The lowest BCUT2D eigenvalue weighted by Crippen LogP contribution is -2.36. The number of carbonyl (C=O) groups is 3. The number of aliphatic carboxylic acids is 1. The molecule has 1 atom stereocenters. The monoisotopic (exact) mass is 376 g/mol. The number of carboxylic acid groups (broad SMARTS) is 1. The van der Waals surface area contributed by atoms with Crippen molar-refractivity contribution >= 4 is 39.4 Å². The second kappa shape index (κ2) is 6.39. The minimum atomic E-state index is -1.58. The van der Waals surface area contributed by atoms with Crippen LogP contribution in [0.4, 0.5) is 14.5 Å². The first-order valence-electron chi connectivity index (χ1n) is 6.27. The minimum absolute atomic E-state index is 0.0260. The molecule has 0 aromatic heterocycles. The Morgan fingerprint density at radius 1 is 1.32 bits per heavy atom. The Bertz CT molecular complexity index is 630. The van der Waals surface area contributed by atoms with Crippen molar-refractivity contribution in [2.24, 2.45) is 5.92 Å². The summed E-state index contributed by atoms with van der Waals surface area (Å²) in [6.07, 6.45) is 0.301. The van der Waals surface area contributed by atoms with Gasteiger partial charge in [0.05, 0.1) is 10.4 Å². The predicted molar refractivity (Wildman–Crippen MR) is 75.0 cm³/mol. The highest BCUT2D eigenvalue weighted by Gasteiger charge is 2.33. The number of benzene rings is 1. The van der Waals surface area contributed by atoms with Crippen molar-refractivity contribution in [3.05, 3.63) is 28.2 Å². The van der Waals surface area contributed by atoms with Crippen LogP contribution in [-0.4, -0.2) is 40.9 Å². The summed E-state index contributed by atoms with van der Waals surface area (Å²) in [5, 5.41) is 11.0. The Morgan fingerprint density at radius 2 is 2.00 bits per heavy atom. The van der Waals surface area contributed by atoms with Crippen LogP contribution >= 0.6 is 15.9 Å². The highest BCUT2D eigenvalue weighted by molar-refractivity contribution is 9.10. The molecule has 22 heavy (non-hydrogen) atoms. The van der Waals surface area contributed by atoms with Crippen molar-refractivity contribution in [2.75, 3.05) is 18.4 Å². The SMILES string of the molecule is O=C(O)C(=O)N1CCC(C(=O)Nc2cc(F)c(F)c(Br)c2)C1. The van der Waals surface area contributed by atoms with E-state index in [2.05, 4.69) is 21.2 Å². The lowest BCUT2D eigenvalue weighted by Gasteiger charge is -2.14. The van der Waals surface area contributed by atoms with Gasteiger partial charge < -0.3 is 15.3 Å². The number of hydrogen-bond acceptors (Lipinski definition) is 3. The van der Waals surface area contributed by atoms with E-state index in [4.69, 9.17) is 5.11 Å². The molecule has 2 amide bonds. The molecule has 2 rings (SSSR count). The van der Waals surface area contributed by atoms with Gasteiger partial charge in [-0.3, -0.25) is 9.59 Å². The van der Waals surface area contributed by atoms with Crippen molar-refractivity contribution in [1.29, 1.82) is 0 Å². The number of hydrogen-bond donors (Lipinski definition) is 2. The van der Waals surface area contributed by atoms with Gasteiger partial charge in [0, 0.05) is 24.8 Å². The Kier molecular flexibility index (Phi) is 4.74. The molecule has 1 heterocycles. The molecule has 6 nitrogen and oxygen atoms in total. The second-order valence-corrected chi connectivity index (χ2v) is 5.64. The number of rotatable bonds is 2. The molecule has 1 aromatic carbocycles. The number of nitrogens with zero attached hydrogens (tertiary/aromatic N) is 1. The standard InChI is InChI=1S/C13H11BrF2N2O4/c14-8-3-7(4-9(15)10(8)16)17-11(19)6-1-2-18(5-6)12(20)13(21)22/h3-4,6H,1-2,5H2,(H,17,19)(H,21,22). The van der Waals surface area contributed by atoms with Crippen molar-refractivity contribution in [1.82, 2.24) is 4.90 Å². The van der Waals surface area contributed by atoms with Gasteiger partial charge in [-0.15, -0.1) is 0 Å². The van der Waals surface area contributed by atoms with Gasteiger partial charge >= 0.3 is 11.9 Å². The third-order valence-corrected chi connectivity index (χ3v) is 3.86. The van der Waals surface area contributed by atoms with Crippen LogP contribution in [0.2, 0.25) is 0 Å². The molecular formula is C13H11BrF2N2O4. The van der Waals surface area contributed by atoms with Gasteiger partial charge in [-0.1, -0.05) is 0 Å². The molecule has 0 saturated carbocycles. The fourth-order valence-electron chi connectivity index (χ4n) is 2.17. The molecule has 1 aliphatic rings. The van der Waals surface area contributed by atoms with Crippen LogP contribution < -0.4 is 5.32 Å². The third-order valence-electron chi connectivity index (χ3n) is 3.28. The van der Waals surface area contributed by atoms with E-state index in [0.717, 1.165) is 11.0 Å². The zero-order valence-corrected chi connectivity index (χ0v) is 12.7. The van der Waals surface area contributed by atoms with Crippen LogP contribution in [0.1, 0.15) is 6.42 Å². The molecule has 1 fully saturated rings. The molecular weight excluding hydrogens is 366 g/mol. The van der Waals surface area contributed by atoms with Crippen LogP contribution in [0, 0.1) is 17.6 Å². The van der Waals surface area contributed by atoms with E-state index in [1.54, 1.807) is 0 Å². The van der Waals surface area contributed by atoms with E-state index >= 15 is 0 Å². The van der Waals surface area contributed by atoms with Gasteiger partial charge in [0.25, 0.3) is 0 Å². The summed E-state index contributed by atoms with van der Waals surface area (Å²) in [5.74, 6) is -5.90. The van der Waals surface area contributed by atoms with Crippen LogP contribution in [-0.2, 0) is 14.4 Å². The number of likely N-dealkylation sites (tertiary alicyclic amines) is 1.